The minimum atomic E-state index is -3.37. The van der Waals surface area contributed by atoms with Crippen molar-refractivity contribution in [3.05, 3.63) is 71.7 Å². The summed E-state index contributed by atoms with van der Waals surface area (Å²) in [6.07, 6.45) is 16.0. The van der Waals surface area contributed by atoms with Crippen LogP contribution in [0.4, 0.5) is 17.6 Å². The van der Waals surface area contributed by atoms with Gasteiger partial charge in [-0.25, -0.2) is 48.8 Å². The van der Waals surface area contributed by atoms with Gasteiger partial charge in [-0.1, -0.05) is 91.8 Å². The summed E-state index contributed by atoms with van der Waals surface area (Å²) in [4.78, 5) is 151. The van der Waals surface area contributed by atoms with Gasteiger partial charge in [0.25, 0.3) is 11.8 Å². The maximum atomic E-state index is 16.1. The second-order valence-electron chi connectivity index (χ2n) is 40.0. The van der Waals surface area contributed by atoms with Gasteiger partial charge in [-0.15, -0.1) is 0 Å². The third kappa shape index (κ3) is 22.2. The third-order valence-corrected chi connectivity index (χ3v) is 30.6. The molecule has 0 unspecified atom stereocenters. The topological polar surface area (TPSA) is 351 Å². The Morgan fingerprint density at radius 3 is 1.28 bits per heavy atom. The van der Waals surface area contributed by atoms with Gasteiger partial charge in [-0.05, 0) is 169 Å². The van der Waals surface area contributed by atoms with Crippen molar-refractivity contribution >= 4 is 87.6 Å². The van der Waals surface area contributed by atoms with Crippen molar-refractivity contribution in [1.82, 2.24) is 44.6 Å². The van der Waals surface area contributed by atoms with Gasteiger partial charge in [0.15, 0.2) is 11.4 Å². The van der Waals surface area contributed by atoms with Crippen LogP contribution in [0.15, 0.2) is 54.6 Å². The van der Waals surface area contributed by atoms with Crippen LogP contribution < -0.4 is 28.4 Å². The molecule has 3 amide bonds. The minimum Gasteiger partial charge on any atom is -0.540 e. The summed E-state index contributed by atoms with van der Waals surface area (Å²) < 4.78 is 133. The predicted octanol–water partition coefficient (Wildman–Crippen LogP) is 13.7. The molecule has 6 saturated heterocycles. The van der Waals surface area contributed by atoms with Crippen LogP contribution in [0.2, 0.25) is 0 Å². The molecule has 18 rings (SSSR count). The van der Waals surface area contributed by atoms with E-state index in [9.17, 15) is 43.2 Å². The summed E-state index contributed by atoms with van der Waals surface area (Å²) in [5.74, 6) is -11.0. The number of amides is 3. The zero-order valence-electron chi connectivity index (χ0n) is 78.8. The molecule has 735 valence electrons. The number of carbonyl (C=O) groups excluding carboxylic acids is 9. The van der Waals surface area contributed by atoms with Crippen molar-refractivity contribution in [2.45, 2.75) is 269 Å². The van der Waals surface area contributed by atoms with Crippen molar-refractivity contribution in [3.63, 3.8) is 0 Å². The molecular formula is C99H122F4N9O21V3-3. The van der Waals surface area contributed by atoms with Crippen LogP contribution in [0.5, 0.6) is 34.9 Å². The molecule has 3 aromatic heterocycles. The number of aromatic nitrogens is 6. The molecule has 9 fully saturated rings. The van der Waals surface area contributed by atoms with Gasteiger partial charge in [0.1, 0.15) is 59.1 Å². The SMILES string of the molecule is CC[C@@H]1[C@@H]2CN(C(=O)[C@H](C3(C)COC3)CC(=O)O[C@@H]3C[C@H]3CCCCCc3nc4ccc(OC)cc4nc3O2)[C@@H]1[C-]=O.COc1ccc2nc3c(nc2c1)O[C@H]1CN(C(=O)[C@H](C2(C)COC2)CC(=O)O[C@@H]2CCC[C@H]2CCCCC3(F)F)[C@H]([C-]=O)[C@@H]1C.COc1ccc2nc3c(nc2c1)O[C@H]1CN(C(=O)[C@H](C2(C)COC2)CC(=O)O[C@]2(C)CCC[C@H]2CCCCC3(F)F)[C@H]([C-]=O)[C@@H]1C.[V].[V].[V]. The van der Waals surface area contributed by atoms with Crippen molar-refractivity contribution in [2.24, 2.45) is 69.5 Å². The summed E-state index contributed by atoms with van der Waals surface area (Å²) in [5, 5.41) is 0. The first-order valence-corrected chi connectivity index (χ1v) is 47.4. The molecule has 6 bridgehead atoms. The largest absolute Gasteiger partial charge is 0.540 e. The molecule has 12 heterocycles. The van der Waals surface area contributed by atoms with Gasteiger partial charge < -0.3 is 85.9 Å². The average molecular weight is 2000 g/mol. The summed E-state index contributed by atoms with van der Waals surface area (Å²) in [7, 11) is 4.59. The molecule has 3 aromatic carbocycles. The summed E-state index contributed by atoms with van der Waals surface area (Å²) >= 11 is 0. The van der Waals surface area contributed by atoms with E-state index in [0.29, 0.717) is 110 Å². The average Bonchev–Trinajstić information content (AvgIpc) is 1.60. The normalized spacial score (nSPS) is 31.5. The van der Waals surface area contributed by atoms with Crippen LogP contribution in [0.25, 0.3) is 33.1 Å². The second-order valence-corrected chi connectivity index (χ2v) is 40.0. The molecule has 0 N–H and O–H groups in total. The molecule has 6 aromatic rings. The van der Waals surface area contributed by atoms with E-state index >= 15 is 17.6 Å². The zero-order chi connectivity index (χ0) is 94.2. The number of rotatable bonds is 10. The van der Waals surface area contributed by atoms with E-state index in [2.05, 4.69) is 26.2 Å². The van der Waals surface area contributed by atoms with E-state index in [4.69, 9.17) is 66.8 Å². The number of hydrogen-bond donors (Lipinski definition) is 0. The Kier molecular flexibility index (Phi) is 33.8. The zero-order valence-corrected chi connectivity index (χ0v) is 83.0. The monoisotopic (exact) mass is 2000 g/mol. The van der Waals surface area contributed by atoms with Gasteiger partial charge in [0.2, 0.25) is 35.4 Å². The molecule has 37 heteroatoms. The number of fused-ring (bicyclic) bond motifs is 15. The maximum absolute atomic E-state index is 16.1. The van der Waals surface area contributed by atoms with Crippen LogP contribution in [0.1, 0.15) is 213 Å². The van der Waals surface area contributed by atoms with Crippen molar-refractivity contribution in [1.29, 1.82) is 0 Å². The fraction of sp³-hybridized carbons (Fsp3) is 0.667. The van der Waals surface area contributed by atoms with Gasteiger partial charge >= 0.3 is 17.9 Å². The van der Waals surface area contributed by atoms with E-state index in [1.165, 1.54) is 24.0 Å². The second kappa shape index (κ2) is 43.8. The van der Waals surface area contributed by atoms with Gasteiger partial charge in [0.05, 0.1) is 151 Å². The molecule has 18 atom stereocenters. The van der Waals surface area contributed by atoms with Crippen LogP contribution in [-0.2, 0) is 146 Å². The van der Waals surface area contributed by atoms with Crippen molar-refractivity contribution in [2.75, 3.05) is 80.6 Å². The summed E-state index contributed by atoms with van der Waals surface area (Å²) in [5.41, 5.74) is -0.320. The Labute approximate surface area is 825 Å². The Bertz CT molecular complexity index is 5330. The van der Waals surface area contributed by atoms with E-state index < -0.39 is 148 Å². The first-order chi connectivity index (χ1) is 63.7. The Morgan fingerprint density at radius 2 is 0.824 bits per heavy atom. The van der Waals surface area contributed by atoms with Gasteiger partial charge in [0, 0.05) is 103 Å². The fourth-order valence-corrected chi connectivity index (χ4v) is 21.8. The first kappa shape index (κ1) is 105. The standard InChI is InChI=1S/C34H42F2N3O7.C33H40F2N3O7.C32H40N3O7.3V/c1-20-26(17-40)39-16-27(20)45-30-29(37-24-11-10-22(43-4)14-25(24)38-30)34(35,36)13-6-5-8-21-9-7-12-33(21,3)46-28(41)15-23(31(39)42)32(2)18-44-19-32;1-19-25(16-39)38-15-27(19)45-30-29(36-23-11-10-21(42-3)13-24(23)37-30)33(34,35)12-5-4-7-20-8-6-9-26(20)44-28(40)14-22(31(38)41)32(2)17-43-18-32;1-4-21-26(16-36)35-15-28(21)42-30-24(33-23-11-10-20(39-3)13-25(23)34-30)9-7-5-6-8-19-12-27(19)41-29(37)14-22(31(35)38)32(2)17-40-18-32;;;/h10-11,14,20-21,23,26-27H,5-9,12-13,15-16,18-19H2,1-4H3;10-11,13,19-20,22,25-27H,4-9,12,14-15,17-18H2,1-3H3;10-11,13,19,21-22,26-28H,4-9,12,14-15,17-18H2,1-3H3;;;/q3*-1;;;/t20-,21+,23+,26+,27-,33+;19-,20+,22+,25+,26+,27-;19-,21+,22-,26-,27-,28+;;;/m001.../s1. The number of benzene rings is 3. The number of nitrogens with zero attached hydrogens (tertiary/aromatic N) is 9. The van der Waals surface area contributed by atoms with E-state index in [1.54, 1.807) is 62.3 Å². The maximum Gasteiger partial charge on any atom is 0.307 e. The van der Waals surface area contributed by atoms with Gasteiger partial charge in [-0.3, -0.25) is 28.8 Å². The fourth-order valence-electron chi connectivity index (χ4n) is 21.8. The van der Waals surface area contributed by atoms with Crippen LogP contribution in [0.3, 0.4) is 0 Å². The van der Waals surface area contributed by atoms with Crippen LogP contribution in [0, 0.1) is 69.5 Å². The van der Waals surface area contributed by atoms with Gasteiger partial charge in [-0.2, -0.15) is 17.6 Å². The van der Waals surface area contributed by atoms with E-state index in [1.807, 2.05) is 65.4 Å². The number of carbonyl (C=O) groups is 6. The Balaban J connectivity index is 0.000000171. The molecule has 3 saturated carbocycles. The molecule has 3 radical (unpaired) electrons. The Hall–Kier alpha value is -8.34. The van der Waals surface area contributed by atoms with E-state index in [0.717, 1.165) is 69.0 Å². The molecule has 136 heavy (non-hydrogen) atoms. The smallest absolute Gasteiger partial charge is 0.307 e. The van der Waals surface area contributed by atoms with Crippen LogP contribution in [-0.4, -0.2) is 234 Å². The number of ether oxygens (including phenoxy) is 12. The van der Waals surface area contributed by atoms with Crippen molar-refractivity contribution in [3.8, 4) is 34.9 Å². The number of alkyl halides is 4. The molecule has 3 aliphatic carbocycles. The number of halogens is 4. The van der Waals surface area contributed by atoms with Crippen molar-refractivity contribution < 1.29 is 173 Å². The number of methoxy groups -OCH3 is 3. The van der Waals surface area contributed by atoms with Crippen LogP contribution >= 0.6 is 0 Å². The Morgan fingerprint density at radius 1 is 0.419 bits per heavy atom. The summed E-state index contributed by atoms with van der Waals surface area (Å²) in [6.45, 7) is 15.0. The molecule has 12 aliphatic rings. The number of hydrogen-bond acceptors (Lipinski definition) is 27. The number of aryl methyl sites for hydroxylation is 1. The number of esters is 3. The third-order valence-electron chi connectivity index (χ3n) is 30.6. The minimum absolute atomic E-state index is 0. The molecular weight excluding hydrogens is 1880 g/mol. The first-order valence-electron chi connectivity index (χ1n) is 47.4. The quantitative estimate of drug-likeness (QED) is 0.0532. The molecule has 9 aliphatic heterocycles. The predicted molar refractivity (Wildman–Crippen MR) is 472 cm³/mol. The van der Waals surface area contributed by atoms with E-state index in [-0.39, 0.29) is 198 Å². The summed E-state index contributed by atoms with van der Waals surface area (Å²) in [6, 6.07) is 12.4. The molecule has 30 nitrogen and oxygen atoms in total. The molecule has 0 spiro atoms.